The van der Waals surface area contributed by atoms with Crippen molar-refractivity contribution in [2.45, 2.75) is 31.2 Å². The van der Waals surface area contributed by atoms with E-state index >= 15 is 0 Å². The Labute approximate surface area is 85.8 Å². The van der Waals surface area contributed by atoms with Gasteiger partial charge >= 0.3 is 0 Å². The third-order valence-electron chi connectivity index (χ3n) is 1.78. The molecule has 1 heterocycles. The van der Waals surface area contributed by atoms with Crippen molar-refractivity contribution in [1.29, 1.82) is 0 Å². The quantitative estimate of drug-likeness (QED) is 0.769. The number of hydrogen-bond acceptors (Lipinski definition) is 4. The summed E-state index contributed by atoms with van der Waals surface area (Å²) in [6.45, 7) is 3.91. The zero-order valence-electron chi connectivity index (χ0n) is 7.95. The molecule has 0 amide bonds. The van der Waals surface area contributed by atoms with Gasteiger partial charge in [0.15, 0.2) is 0 Å². The van der Waals surface area contributed by atoms with E-state index in [2.05, 4.69) is 26.1 Å². The van der Waals surface area contributed by atoms with Gasteiger partial charge in [-0.3, -0.25) is 0 Å². The lowest BCUT2D eigenvalue weighted by atomic mass is 10.3. The lowest BCUT2D eigenvalue weighted by molar-refractivity contribution is 0.0935. The van der Waals surface area contributed by atoms with Gasteiger partial charge in [0.25, 0.3) is 0 Å². The minimum Gasteiger partial charge on any atom is -0.421 e. The third-order valence-corrected chi connectivity index (χ3v) is 2.82. The molecule has 2 atom stereocenters. The van der Waals surface area contributed by atoms with Crippen LogP contribution < -0.4 is 0 Å². The lowest BCUT2D eigenvalue weighted by Gasteiger charge is -2.02. The zero-order valence-corrected chi connectivity index (χ0v) is 9.54. The second-order valence-electron chi connectivity index (χ2n) is 2.73. The molecule has 0 bridgehead atoms. The van der Waals surface area contributed by atoms with Crippen LogP contribution in [0.4, 0.5) is 0 Å². The Morgan fingerprint density at radius 2 is 2.08 bits per heavy atom. The smallest absolute Gasteiger partial charge is 0.244 e. The molecular formula is C8H13BrN2O2. The fourth-order valence-corrected chi connectivity index (χ4v) is 0.998. The first-order valence-corrected chi connectivity index (χ1v) is 5.10. The Hall–Kier alpha value is -0.420. The minimum absolute atomic E-state index is 0.137. The van der Waals surface area contributed by atoms with Crippen molar-refractivity contribution < 1.29 is 9.15 Å². The summed E-state index contributed by atoms with van der Waals surface area (Å²) in [5, 5.41) is 7.80. The van der Waals surface area contributed by atoms with E-state index in [1.807, 2.05) is 13.8 Å². The summed E-state index contributed by atoms with van der Waals surface area (Å²) in [7, 11) is 1.61. The highest BCUT2D eigenvalue weighted by molar-refractivity contribution is 9.09. The molecule has 0 spiro atoms. The molecule has 74 valence electrons. The van der Waals surface area contributed by atoms with Gasteiger partial charge in [-0.1, -0.05) is 22.9 Å². The first kappa shape index (κ1) is 10.7. The van der Waals surface area contributed by atoms with Crippen LogP contribution in [0.2, 0.25) is 0 Å². The highest BCUT2D eigenvalue weighted by atomic mass is 79.9. The summed E-state index contributed by atoms with van der Waals surface area (Å²) in [5.74, 6) is 1.14. The summed E-state index contributed by atoms with van der Waals surface area (Å²) in [5.41, 5.74) is 0. The minimum atomic E-state index is -0.141. The summed E-state index contributed by atoms with van der Waals surface area (Å²) in [4.78, 5) is 0.137. The Kier molecular flexibility index (Phi) is 3.87. The monoisotopic (exact) mass is 248 g/mol. The molecule has 0 aliphatic heterocycles. The number of rotatable bonds is 4. The van der Waals surface area contributed by atoms with Gasteiger partial charge in [-0.05, 0) is 13.3 Å². The van der Waals surface area contributed by atoms with E-state index in [0.29, 0.717) is 11.8 Å². The summed E-state index contributed by atoms with van der Waals surface area (Å²) < 4.78 is 10.4. The highest BCUT2D eigenvalue weighted by Crippen LogP contribution is 2.26. The predicted octanol–water partition coefficient (Wildman–Crippen LogP) is 2.62. The van der Waals surface area contributed by atoms with Crippen LogP contribution in [-0.4, -0.2) is 17.3 Å². The number of aromatic nitrogens is 2. The molecule has 0 saturated heterocycles. The molecule has 13 heavy (non-hydrogen) atoms. The molecule has 5 heteroatoms. The molecule has 0 aliphatic rings. The van der Waals surface area contributed by atoms with Gasteiger partial charge in [-0.2, -0.15) is 0 Å². The van der Waals surface area contributed by atoms with Gasteiger partial charge in [0.2, 0.25) is 11.8 Å². The summed E-state index contributed by atoms with van der Waals surface area (Å²) in [6.07, 6.45) is 0.779. The fraction of sp³-hybridized carbons (Fsp3) is 0.750. The maximum absolute atomic E-state index is 5.39. The van der Waals surface area contributed by atoms with Crippen LogP contribution in [0, 0.1) is 0 Å². The first-order valence-electron chi connectivity index (χ1n) is 4.19. The van der Waals surface area contributed by atoms with Gasteiger partial charge < -0.3 is 9.15 Å². The SMILES string of the molecule is CCC(Br)c1nnc(C(C)OC)o1. The third kappa shape index (κ3) is 2.51. The van der Waals surface area contributed by atoms with Crippen LogP contribution in [0.15, 0.2) is 4.42 Å². The molecule has 0 saturated carbocycles. The predicted molar refractivity (Wildman–Crippen MR) is 51.7 cm³/mol. The Balaban J connectivity index is 2.74. The molecule has 1 rings (SSSR count). The summed E-state index contributed by atoms with van der Waals surface area (Å²) in [6, 6.07) is 0. The summed E-state index contributed by atoms with van der Waals surface area (Å²) >= 11 is 3.43. The molecule has 1 aromatic heterocycles. The molecule has 2 unspecified atom stereocenters. The molecule has 0 N–H and O–H groups in total. The van der Waals surface area contributed by atoms with Gasteiger partial charge in [-0.15, -0.1) is 10.2 Å². The average molecular weight is 249 g/mol. The molecule has 0 fully saturated rings. The van der Waals surface area contributed by atoms with Crippen molar-refractivity contribution in [2.75, 3.05) is 7.11 Å². The number of methoxy groups -OCH3 is 1. The van der Waals surface area contributed by atoms with E-state index < -0.39 is 0 Å². The second-order valence-corrected chi connectivity index (χ2v) is 3.84. The van der Waals surface area contributed by atoms with Crippen molar-refractivity contribution >= 4 is 15.9 Å². The van der Waals surface area contributed by atoms with Crippen LogP contribution in [0.1, 0.15) is 43.0 Å². The van der Waals surface area contributed by atoms with Crippen LogP contribution in [-0.2, 0) is 4.74 Å². The van der Waals surface area contributed by atoms with Gasteiger partial charge in [-0.25, -0.2) is 0 Å². The van der Waals surface area contributed by atoms with Crippen LogP contribution in [0.25, 0.3) is 0 Å². The largest absolute Gasteiger partial charge is 0.421 e. The molecule has 0 aliphatic carbocycles. The van der Waals surface area contributed by atoms with Crippen molar-refractivity contribution in [3.8, 4) is 0 Å². The molecule has 0 radical (unpaired) electrons. The topological polar surface area (TPSA) is 48.2 Å². The van der Waals surface area contributed by atoms with Crippen molar-refractivity contribution in [1.82, 2.24) is 10.2 Å². The van der Waals surface area contributed by atoms with E-state index in [9.17, 15) is 0 Å². The molecule has 1 aromatic rings. The van der Waals surface area contributed by atoms with Crippen LogP contribution >= 0.6 is 15.9 Å². The average Bonchev–Trinajstić information content (AvgIpc) is 2.64. The van der Waals surface area contributed by atoms with Crippen molar-refractivity contribution in [2.24, 2.45) is 0 Å². The maximum Gasteiger partial charge on any atom is 0.244 e. The molecular weight excluding hydrogens is 236 g/mol. The first-order chi connectivity index (χ1) is 6.19. The Morgan fingerprint density at radius 3 is 2.62 bits per heavy atom. The zero-order chi connectivity index (χ0) is 9.84. The number of nitrogens with zero attached hydrogens (tertiary/aromatic N) is 2. The van der Waals surface area contributed by atoms with Crippen LogP contribution in [0.5, 0.6) is 0 Å². The Morgan fingerprint density at radius 1 is 1.46 bits per heavy atom. The number of alkyl halides is 1. The van der Waals surface area contributed by atoms with E-state index in [1.165, 1.54) is 0 Å². The van der Waals surface area contributed by atoms with Crippen LogP contribution in [0.3, 0.4) is 0 Å². The highest BCUT2D eigenvalue weighted by Gasteiger charge is 2.16. The number of ether oxygens (including phenoxy) is 1. The Bertz CT molecular complexity index is 240. The number of halogens is 1. The second kappa shape index (κ2) is 4.72. The lowest BCUT2D eigenvalue weighted by Crippen LogP contribution is -1.95. The molecule has 0 aromatic carbocycles. The van der Waals surface area contributed by atoms with E-state index in [4.69, 9.17) is 9.15 Å². The van der Waals surface area contributed by atoms with Crippen molar-refractivity contribution in [3.63, 3.8) is 0 Å². The normalized spacial score (nSPS) is 15.7. The van der Waals surface area contributed by atoms with Gasteiger partial charge in [0.05, 0.1) is 4.83 Å². The maximum atomic E-state index is 5.39. The van der Waals surface area contributed by atoms with E-state index in [1.54, 1.807) is 7.11 Å². The van der Waals surface area contributed by atoms with Gasteiger partial charge in [0.1, 0.15) is 6.10 Å². The van der Waals surface area contributed by atoms with Gasteiger partial charge in [0, 0.05) is 7.11 Å². The van der Waals surface area contributed by atoms with Crippen molar-refractivity contribution in [3.05, 3.63) is 11.8 Å². The van der Waals surface area contributed by atoms with E-state index in [0.717, 1.165) is 6.42 Å². The fourth-order valence-electron chi connectivity index (χ4n) is 0.813. The standard InChI is InChI=1S/C8H13BrN2O2/c1-4-6(9)8-11-10-7(13-8)5(2)12-3/h5-6H,4H2,1-3H3. The van der Waals surface area contributed by atoms with E-state index in [-0.39, 0.29) is 10.9 Å². The molecule has 4 nitrogen and oxygen atoms in total. The number of hydrogen-bond donors (Lipinski definition) is 0.